The van der Waals surface area contributed by atoms with E-state index in [1.807, 2.05) is 0 Å². The fourth-order valence-corrected chi connectivity index (χ4v) is 1.41. The SMILES string of the molecule is CONCc1cccc(Cl)c1C(F)F. The Kier molecular flexibility index (Phi) is 4.25. The molecular weight excluding hydrogens is 212 g/mol. The Labute approximate surface area is 85.8 Å². The highest BCUT2D eigenvalue weighted by Gasteiger charge is 2.16. The summed E-state index contributed by atoms with van der Waals surface area (Å²) in [6, 6.07) is 4.65. The first kappa shape index (κ1) is 11.4. The molecular formula is C9H10ClF2NO. The monoisotopic (exact) mass is 221 g/mol. The van der Waals surface area contributed by atoms with Crippen LogP contribution in [0.2, 0.25) is 5.02 Å². The molecule has 78 valence electrons. The van der Waals surface area contributed by atoms with Gasteiger partial charge >= 0.3 is 0 Å². The molecule has 1 rings (SSSR count). The van der Waals surface area contributed by atoms with Crippen LogP contribution in [0, 0.1) is 0 Å². The lowest BCUT2D eigenvalue weighted by Gasteiger charge is -2.10. The van der Waals surface area contributed by atoms with Gasteiger partial charge in [-0.1, -0.05) is 23.7 Å². The van der Waals surface area contributed by atoms with Crippen LogP contribution in [-0.4, -0.2) is 7.11 Å². The summed E-state index contributed by atoms with van der Waals surface area (Å²) in [7, 11) is 1.42. The maximum atomic E-state index is 12.6. The highest BCUT2D eigenvalue weighted by atomic mass is 35.5. The standard InChI is InChI=1S/C9H10ClF2NO/c1-14-13-5-6-3-2-4-7(10)8(6)9(11)12/h2-4,9,13H,5H2,1H3. The molecule has 0 aliphatic heterocycles. The fraction of sp³-hybridized carbons (Fsp3) is 0.333. The second kappa shape index (κ2) is 5.24. The maximum absolute atomic E-state index is 12.6. The van der Waals surface area contributed by atoms with E-state index in [0.717, 1.165) is 0 Å². The Balaban J connectivity index is 2.96. The first-order valence-corrected chi connectivity index (χ1v) is 4.36. The van der Waals surface area contributed by atoms with Crippen molar-refractivity contribution in [3.8, 4) is 0 Å². The van der Waals surface area contributed by atoms with Gasteiger partial charge in [0.1, 0.15) is 0 Å². The summed E-state index contributed by atoms with van der Waals surface area (Å²) in [5, 5.41) is 0.0791. The fourth-order valence-electron chi connectivity index (χ4n) is 1.13. The average Bonchev–Trinajstić information content (AvgIpc) is 2.14. The Morgan fingerprint density at radius 2 is 2.21 bits per heavy atom. The van der Waals surface area contributed by atoms with E-state index in [9.17, 15) is 8.78 Å². The molecule has 14 heavy (non-hydrogen) atoms. The zero-order valence-electron chi connectivity index (χ0n) is 7.56. The number of hydrogen-bond acceptors (Lipinski definition) is 2. The molecule has 0 fully saturated rings. The van der Waals surface area contributed by atoms with E-state index >= 15 is 0 Å². The smallest absolute Gasteiger partial charge is 0.265 e. The summed E-state index contributed by atoms with van der Waals surface area (Å²) in [6.07, 6.45) is -2.57. The summed E-state index contributed by atoms with van der Waals surface area (Å²) < 4.78 is 25.1. The molecule has 0 heterocycles. The van der Waals surface area contributed by atoms with Crippen molar-refractivity contribution in [1.82, 2.24) is 5.48 Å². The Morgan fingerprint density at radius 3 is 2.79 bits per heavy atom. The first-order chi connectivity index (χ1) is 6.66. The third-order valence-electron chi connectivity index (χ3n) is 1.77. The van der Waals surface area contributed by atoms with Crippen LogP contribution in [0.1, 0.15) is 17.6 Å². The molecule has 0 aromatic heterocycles. The molecule has 1 aromatic carbocycles. The lowest BCUT2D eigenvalue weighted by molar-refractivity contribution is 0.0849. The number of benzene rings is 1. The summed E-state index contributed by atoms with van der Waals surface area (Å²) in [5.41, 5.74) is 2.79. The summed E-state index contributed by atoms with van der Waals surface area (Å²) in [5.74, 6) is 0. The van der Waals surface area contributed by atoms with Crippen LogP contribution in [0.15, 0.2) is 18.2 Å². The van der Waals surface area contributed by atoms with Crippen LogP contribution in [-0.2, 0) is 11.4 Å². The van der Waals surface area contributed by atoms with Gasteiger partial charge in [-0.3, -0.25) is 0 Å². The molecule has 0 bridgehead atoms. The molecule has 0 atom stereocenters. The van der Waals surface area contributed by atoms with E-state index in [2.05, 4.69) is 10.3 Å². The van der Waals surface area contributed by atoms with Gasteiger partial charge in [0.15, 0.2) is 0 Å². The molecule has 0 saturated heterocycles. The number of hydrogen-bond donors (Lipinski definition) is 1. The number of halogens is 3. The highest BCUT2D eigenvalue weighted by Crippen LogP contribution is 2.30. The van der Waals surface area contributed by atoms with Crippen molar-refractivity contribution in [3.05, 3.63) is 34.3 Å². The van der Waals surface area contributed by atoms with Crippen LogP contribution in [0.3, 0.4) is 0 Å². The van der Waals surface area contributed by atoms with Gasteiger partial charge in [0, 0.05) is 17.1 Å². The maximum Gasteiger partial charge on any atom is 0.265 e. The molecule has 0 aliphatic rings. The Bertz CT molecular complexity index is 307. The quantitative estimate of drug-likeness (QED) is 0.790. The molecule has 0 aliphatic carbocycles. The van der Waals surface area contributed by atoms with Crippen molar-refractivity contribution in [1.29, 1.82) is 0 Å². The second-order valence-electron chi connectivity index (χ2n) is 2.64. The van der Waals surface area contributed by atoms with E-state index in [-0.39, 0.29) is 17.1 Å². The zero-order valence-corrected chi connectivity index (χ0v) is 8.31. The highest BCUT2D eigenvalue weighted by molar-refractivity contribution is 6.31. The molecule has 5 heteroatoms. The van der Waals surface area contributed by atoms with E-state index in [4.69, 9.17) is 11.6 Å². The van der Waals surface area contributed by atoms with E-state index < -0.39 is 6.43 Å². The minimum atomic E-state index is -2.57. The van der Waals surface area contributed by atoms with Crippen molar-refractivity contribution in [2.24, 2.45) is 0 Å². The van der Waals surface area contributed by atoms with Crippen LogP contribution in [0.4, 0.5) is 8.78 Å². The van der Waals surface area contributed by atoms with Crippen LogP contribution in [0.25, 0.3) is 0 Å². The van der Waals surface area contributed by atoms with Gasteiger partial charge in [0.2, 0.25) is 0 Å². The van der Waals surface area contributed by atoms with Gasteiger partial charge in [-0.2, -0.15) is 5.48 Å². The summed E-state index contributed by atoms with van der Waals surface area (Å²) >= 11 is 5.65. The molecule has 0 spiro atoms. The lowest BCUT2D eigenvalue weighted by atomic mass is 10.1. The number of alkyl halides is 2. The van der Waals surface area contributed by atoms with E-state index in [0.29, 0.717) is 5.56 Å². The van der Waals surface area contributed by atoms with Crippen molar-refractivity contribution in [3.63, 3.8) is 0 Å². The Morgan fingerprint density at radius 1 is 1.50 bits per heavy atom. The molecule has 0 amide bonds. The summed E-state index contributed by atoms with van der Waals surface area (Å²) in [4.78, 5) is 4.58. The molecule has 1 aromatic rings. The summed E-state index contributed by atoms with van der Waals surface area (Å²) in [6.45, 7) is 0.205. The third-order valence-corrected chi connectivity index (χ3v) is 2.10. The average molecular weight is 222 g/mol. The van der Waals surface area contributed by atoms with E-state index in [1.165, 1.54) is 13.2 Å². The minimum Gasteiger partial charge on any atom is -0.305 e. The second-order valence-corrected chi connectivity index (χ2v) is 3.05. The number of nitrogens with one attached hydrogen (secondary N) is 1. The van der Waals surface area contributed by atoms with Gasteiger partial charge in [0.25, 0.3) is 6.43 Å². The van der Waals surface area contributed by atoms with Gasteiger partial charge in [-0.15, -0.1) is 0 Å². The van der Waals surface area contributed by atoms with Crippen LogP contribution < -0.4 is 5.48 Å². The predicted octanol–water partition coefficient (Wildman–Crippen LogP) is 2.93. The number of rotatable bonds is 4. The van der Waals surface area contributed by atoms with E-state index in [1.54, 1.807) is 12.1 Å². The molecule has 0 radical (unpaired) electrons. The molecule has 0 saturated carbocycles. The van der Waals surface area contributed by atoms with Crippen LogP contribution >= 0.6 is 11.6 Å². The van der Waals surface area contributed by atoms with Gasteiger partial charge < -0.3 is 4.84 Å². The zero-order chi connectivity index (χ0) is 10.6. The number of hydroxylamine groups is 1. The van der Waals surface area contributed by atoms with Gasteiger partial charge in [0.05, 0.1) is 7.11 Å². The molecule has 2 nitrogen and oxygen atoms in total. The van der Waals surface area contributed by atoms with Crippen molar-refractivity contribution in [2.45, 2.75) is 13.0 Å². The topological polar surface area (TPSA) is 21.3 Å². The minimum absolute atomic E-state index is 0.0791. The van der Waals surface area contributed by atoms with Gasteiger partial charge in [-0.05, 0) is 11.6 Å². The molecule has 1 N–H and O–H groups in total. The van der Waals surface area contributed by atoms with Crippen molar-refractivity contribution >= 4 is 11.6 Å². The van der Waals surface area contributed by atoms with Crippen molar-refractivity contribution < 1.29 is 13.6 Å². The first-order valence-electron chi connectivity index (χ1n) is 3.98. The largest absolute Gasteiger partial charge is 0.305 e. The molecule has 0 unspecified atom stereocenters. The van der Waals surface area contributed by atoms with Gasteiger partial charge in [-0.25, -0.2) is 8.78 Å². The Hall–Kier alpha value is -0.710. The van der Waals surface area contributed by atoms with Crippen molar-refractivity contribution in [2.75, 3.05) is 7.11 Å². The third kappa shape index (κ3) is 2.64. The normalized spacial score (nSPS) is 10.9. The lowest BCUT2D eigenvalue weighted by Crippen LogP contribution is -2.12. The van der Waals surface area contributed by atoms with Crippen LogP contribution in [0.5, 0.6) is 0 Å². The predicted molar refractivity (Wildman–Crippen MR) is 50.3 cm³/mol.